The Morgan fingerprint density at radius 1 is 1.73 bits per heavy atom. The maximum absolute atomic E-state index is 5.65. The second kappa shape index (κ2) is 3.52. The Bertz CT molecular complexity index is 129. The Balaban J connectivity index is 2.44. The summed E-state index contributed by atoms with van der Waals surface area (Å²) in [5.41, 5.74) is 2.86. The topological polar surface area (TPSA) is 47.3 Å². The molecule has 1 heterocycles. The number of ether oxygens (including phenoxy) is 1. The van der Waals surface area contributed by atoms with Crippen LogP contribution in [0.1, 0.15) is 33.1 Å². The SMILES string of the molecule is CCC1(C)CC(NN)CCO1. The summed E-state index contributed by atoms with van der Waals surface area (Å²) in [7, 11) is 0. The summed E-state index contributed by atoms with van der Waals surface area (Å²) >= 11 is 0. The summed E-state index contributed by atoms with van der Waals surface area (Å²) in [6, 6.07) is 0.439. The van der Waals surface area contributed by atoms with E-state index in [1.165, 1.54) is 0 Å². The minimum Gasteiger partial charge on any atom is -0.375 e. The highest BCUT2D eigenvalue weighted by Gasteiger charge is 2.30. The first kappa shape index (κ1) is 8.97. The van der Waals surface area contributed by atoms with E-state index in [1.807, 2.05) is 0 Å². The third kappa shape index (κ3) is 2.15. The summed E-state index contributed by atoms with van der Waals surface area (Å²) in [6.07, 6.45) is 3.12. The molecule has 1 saturated heterocycles. The normalized spacial score (nSPS) is 39.0. The molecule has 3 N–H and O–H groups in total. The van der Waals surface area contributed by atoms with Gasteiger partial charge in [0.1, 0.15) is 0 Å². The van der Waals surface area contributed by atoms with Crippen molar-refractivity contribution in [2.24, 2.45) is 5.84 Å². The third-order valence-corrected chi connectivity index (χ3v) is 2.58. The standard InChI is InChI=1S/C8H18N2O/c1-3-8(2)6-7(10-9)4-5-11-8/h7,10H,3-6,9H2,1-2H3. The van der Waals surface area contributed by atoms with Crippen LogP contribution in [-0.2, 0) is 4.74 Å². The van der Waals surface area contributed by atoms with Gasteiger partial charge in [0.05, 0.1) is 5.60 Å². The number of nitrogens with two attached hydrogens (primary N) is 1. The average Bonchev–Trinajstić information content (AvgIpc) is 2.05. The molecule has 1 rings (SSSR count). The lowest BCUT2D eigenvalue weighted by Gasteiger charge is -2.37. The third-order valence-electron chi connectivity index (χ3n) is 2.58. The van der Waals surface area contributed by atoms with Gasteiger partial charge < -0.3 is 4.74 Å². The van der Waals surface area contributed by atoms with Gasteiger partial charge in [-0.05, 0) is 26.2 Å². The smallest absolute Gasteiger partial charge is 0.0667 e. The number of nitrogens with one attached hydrogen (secondary N) is 1. The highest BCUT2D eigenvalue weighted by Crippen LogP contribution is 2.27. The Kier molecular flexibility index (Phi) is 2.87. The molecule has 0 aromatic rings. The number of hydrazine groups is 1. The fourth-order valence-corrected chi connectivity index (χ4v) is 1.52. The minimum atomic E-state index is 0.0509. The number of hydrogen-bond acceptors (Lipinski definition) is 3. The summed E-state index contributed by atoms with van der Waals surface area (Å²) in [6.45, 7) is 5.13. The molecule has 3 heteroatoms. The summed E-state index contributed by atoms with van der Waals surface area (Å²) < 4.78 is 5.65. The lowest BCUT2D eigenvalue weighted by Crippen LogP contribution is -2.47. The molecule has 0 aliphatic carbocycles. The first-order valence-corrected chi connectivity index (χ1v) is 4.30. The lowest BCUT2D eigenvalue weighted by molar-refractivity contribution is -0.0779. The van der Waals surface area contributed by atoms with Gasteiger partial charge in [0, 0.05) is 12.6 Å². The fraction of sp³-hybridized carbons (Fsp3) is 1.00. The van der Waals surface area contributed by atoms with Gasteiger partial charge >= 0.3 is 0 Å². The van der Waals surface area contributed by atoms with Gasteiger partial charge in [-0.25, -0.2) is 0 Å². The van der Waals surface area contributed by atoms with Gasteiger partial charge in [-0.3, -0.25) is 11.3 Å². The van der Waals surface area contributed by atoms with Crippen LogP contribution >= 0.6 is 0 Å². The van der Waals surface area contributed by atoms with Crippen LogP contribution in [0.4, 0.5) is 0 Å². The van der Waals surface area contributed by atoms with Gasteiger partial charge in [-0.1, -0.05) is 6.92 Å². The molecular weight excluding hydrogens is 140 g/mol. The summed E-state index contributed by atoms with van der Waals surface area (Å²) in [5.74, 6) is 5.37. The predicted octanol–water partition coefficient (Wildman–Crippen LogP) is 0.797. The minimum absolute atomic E-state index is 0.0509. The lowest BCUT2D eigenvalue weighted by atomic mass is 9.90. The van der Waals surface area contributed by atoms with Crippen LogP contribution in [0, 0.1) is 0 Å². The highest BCUT2D eigenvalue weighted by molar-refractivity contribution is 4.84. The van der Waals surface area contributed by atoms with Gasteiger partial charge in [0.2, 0.25) is 0 Å². The van der Waals surface area contributed by atoms with E-state index in [0.29, 0.717) is 6.04 Å². The zero-order valence-electron chi connectivity index (χ0n) is 7.39. The molecule has 2 unspecified atom stereocenters. The van der Waals surface area contributed by atoms with Crippen LogP contribution in [0.25, 0.3) is 0 Å². The van der Waals surface area contributed by atoms with E-state index in [0.717, 1.165) is 25.9 Å². The van der Waals surface area contributed by atoms with Gasteiger partial charge in [-0.2, -0.15) is 0 Å². The van der Waals surface area contributed by atoms with Crippen LogP contribution in [0.2, 0.25) is 0 Å². The van der Waals surface area contributed by atoms with Crippen molar-refractivity contribution in [2.75, 3.05) is 6.61 Å². The molecule has 0 spiro atoms. The van der Waals surface area contributed by atoms with E-state index in [2.05, 4.69) is 19.3 Å². The quantitative estimate of drug-likeness (QED) is 0.461. The summed E-state index contributed by atoms with van der Waals surface area (Å²) in [5, 5.41) is 0. The molecule has 11 heavy (non-hydrogen) atoms. The molecule has 0 bridgehead atoms. The Hall–Kier alpha value is -0.120. The molecule has 0 amide bonds. The molecule has 1 aliphatic rings. The van der Waals surface area contributed by atoms with Gasteiger partial charge in [0.15, 0.2) is 0 Å². The van der Waals surface area contributed by atoms with E-state index in [9.17, 15) is 0 Å². The molecule has 3 nitrogen and oxygen atoms in total. The van der Waals surface area contributed by atoms with Crippen molar-refractivity contribution in [3.63, 3.8) is 0 Å². The zero-order chi connectivity index (χ0) is 8.32. The molecule has 1 fully saturated rings. The average molecular weight is 158 g/mol. The molecule has 0 aromatic carbocycles. The second-order valence-corrected chi connectivity index (χ2v) is 3.51. The predicted molar refractivity (Wildman–Crippen MR) is 45.0 cm³/mol. The van der Waals surface area contributed by atoms with E-state index >= 15 is 0 Å². The molecular formula is C8H18N2O. The van der Waals surface area contributed by atoms with Crippen LogP contribution < -0.4 is 11.3 Å². The number of rotatable bonds is 2. The Morgan fingerprint density at radius 3 is 3.00 bits per heavy atom. The molecule has 2 atom stereocenters. The molecule has 0 aromatic heterocycles. The van der Waals surface area contributed by atoms with Crippen molar-refractivity contribution in [1.29, 1.82) is 0 Å². The number of hydrogen-bond donors (Lipinski definition) is 2. The fourth-order valence-electron chi connectivity index (χ4n) is 1.52. The van der Waals surface area contributed by atoms with E-state index in [4.69, 9.17) is 10.6 Å². The van der Waals surface area contributed by atoms with Crippen molar-refractivity contribution < 1.29 is 4.74 Å². The van der Waals surface area contributed by atoms with Crippen molar-refractivity contribution >= 4 is 0 Å². The Morgan fingerprint density at radius 2 is 2.45 bits per heavy atom. The Labute approximate surface area is 68.3 Å². The van der Waals surface area contributed by atoms with Crippen LogP contribution in [0.15, 0.2) is 0 Å². The van der Waals surface area contributed by atoms with E-state index in [-0.39, 0.29) is 5.60 Å². The maximum atomic E-state index is 5.65. The first-order valence-electron chi connectivity index (χ1n) is 4.30. The van der Waals surface area contributed by atoms with Crippen molar-refractivity contribution in [2.45, 2.75) is 44.8 Å². The summed E-state index contributed by atoms with van der Waals surface area (Å²) in [4.78, 5) is 0. The van der Waals surface area contributed by atoms with Crippen molar-refractivity contribution in [3.8, 4) is 0 Å². The van der Waals surface area contributed by atoms with E-state index < -0.39 is 0 Å². The van der Waals surface area contributed by atoms with Crippen LogP contribution in [0.5, 0.6) is 0 Å². The zero-order valence-corrected chi connectivity index (χ0v) is 7.39. The molecule has 0 radical (unpaired) electrons. The second-order valence-electron chi connectivity index (χ2n) is 3.51. The first-order chi connectivity index (χ1) is 5.20. The van der Waals surface area contributed by atoms with Gasteiger partial charge in [0.25, 0.3) is 0 Å². The van der Waals surface area contributed by atoms with Crippen LogP contribution in [0.3, 0.4) is 0 Å². The van der Waals surface area contributed by atoms with Crippen LogP contribution in [-0.4, -0.2) is 18.2 Å². The monoisotopic (exact) mass is 158 g/mol. The van der Waals surface area contributed by atoms with Crippen molar-refractivity contribution in [3.05, 3.63) is 0 Å². The van der Waals surface area contributed by atoms with Gasteiger partial charge in [-0.15, -0.1) is 0 Å². The van der Waals surface area contributed by atoms with Crippen molar-refractivity contribution in [1.82, 2.24) is 5.43 Å². The largest absolute Gasteiger partial charge is 0.375 e. The molecule has 1 aliphatic heterocycles. The highest BCUT2D eigenvalue weighted by atomic mass is 16.5. The van der Waals surface area contributed by atoms with E-state index in [1.54, 1.807) is 0 Å². The molecule has 0 saturated carbocycles. The maximum Gasteiger partial charge on any atom is 0.0667 e. The molecule has 66 valence electrons.